The maximum absolute atomic E-state index is 10.4. The van der Waals surface area contributed by atoms with E-state index >= 15 is 0 Å². The van der Waals surface area contributed by atoms with Crippen LogP contribution in [0, 0.1) is 18.3 Å². The number of furan rings is 1. The van der Waals surface area contributed by atoms with E-state index in [-0.39, 0.29) is 0 Å². The van der Waals surface area contributed by atoms with Gasteiger partial charge in [0.25, 0.3) is 0 Å². The van der Waals surface area contributed by atoms with Crippen LogP contribution in [0.2, 0.25) is 0 Å². The zero-order valence-corrected chi connectivity index (χ0v) is 23.4. The van der Waals surface area contributed by atoms with Gasteiger partial charge in [-0.25, -0.2) is 4.57 Å². The fourth-order valence-corrected chi connectivity index (χ4v) is 7.21. The van der Waals surface area contributed by atoms with Crippen molar-refractivity contribution < 1.29 is 8.98 Å². The van der Waals surface area contributed by atoms with Crippen molar-refractivity contribution in [3.8, 4) is 28.5 Å². The molecule has 0 amide bonds. The molecule has 42 heavy (non-hydrogen) atoms. The quantitative estimate of drug-likeness (QED) is 0.211. The van der Waals surface area contributed by atoms with Gasteiger partial charge in [-0.05, 0) is 52.4 Å². The van der Waals surface area contributed by atoms with Gasteiger partial charge in [0.1, 0.15) is 18.2 Å². The van der Waals surface area contributed by atoms with Gasteiger partial charge >= 0.3 is 0 Å². The molecule has 0 radical (unpaired) electrons. The maximum atomic E-state index is 10.4. The summed E-state index contributed by atoms with van der Waals surface area (Å²) in [5, 5.41) is 12.2. The van der Waals surface area contributed by atoms with Gasteiger partial charge in [-0.2, -0.15) is 5.26 Å². The van der Waals surface area contributed by atoms with Crippen molar-refractivity contribution in [2.24, 2.45) is 7.05 Å². The van der Waals surface area contributed by atoms with Crippen LogP contribution in [0.5, 0.6) is 0 Å². The van der Waals surface area contributed by atoms with E-state index in [0.717, 1.165) is 44.3 Å². The zero-order valence-electron chi connectivity index (χ0n) is 23.4. The standard InChI is InChI=1S/C39H27N2O/c1-25-19-21-30-36-26(24-40)20-22-33(38(36)42-37(30)35(25)34-18-10-11-23-41(34)2)39(27-12-4-3-5-13-27)31-16-8-6-14-28(31)29-15-7-9-17-32(29)39/h3-23H,1-2H3/q+1. The molecule has 198 valence electrons. The highest BCUT2D eigenvalue weighted by molar-refractivity contribution is 6.13. The molecule has 0 fully saturated rings. The monoisotopic (exact) mass is 539 g/mol. The number of aromatic nitrogens is 1. The number of nitriles is 1. The third-order valence-corrected chi connectivity index (χ3v) is 8.99. The lowest BCUT2D eigenvalue weighted by atomic mass is 9.67. The van der Waals surface area contributed by atoms with Gasteiger partial charge in [0.05, 0.1) is 22.6 Å². The van der Waals surface area contributed by atoms with Gasteiger partial charge < -0.3 is 4.42 Å². The second-order valence-corrected chi connectivity index (χ2v) is 11.1. The van der Waals surface area contributed by atoms with Crippen molar-refractivity contribution >= 4 is 21.9 Å². The number of hydrogen-bond acceptors (Lipinski definition) is 2. The first-order valence-electron chi connectivity index (χ1n) is 14.2. The van der Waals surface area contributed by atoms with E-state index in [1.807, 2.05) is 12.1 Å². The molecule has 2 aromatic heterocycles. The molecule has 0 N–H and O–H groups in total. The Morgan fingerprint density at radius 3 is 2.02 bits per heavy atom. The summed E-state index contributed by atoms with van der Waals surface area (Å²) in [6.07, 6.45) is 2.05. The third kappa shape index (κ3) is 3.12. The van der Waals surface area contributed by atoms with Gasteiger partial charge in [-0.3, -0.25) is 0 Å². The van der Waals surface area contributed by atoms with Crippen LogP contribution in [0.1, 0.15) is 33.4 Å². The predicted octanol–water partition coefficient (Wildman–Crippen LogP) is 8.62. The smallest absolute Gasteiger partial charge is 0.216 e. The van der Waals surface area contributed by atoms with Crippen LogP contribution < -0.4 is 4.57 Å². The van der Waals surface area contributed by atoms with E-state index < -0.39 is 5.41 Å². The van der Waals surface area contributed by atoms with E-state index in [9.17, 15) is 5.26 Å². The Morgan fingerprint density at radius 1 is 0.667 bits per heavy atom. The summed E-state index contributed by atoms with van der Waals surface area (Å²) in [6, 6.07) is 45.1. The number of rotatable bonds is 3. The minimum atomic E-state index is -0.624. The average molecular weight is 540 g/mol. The molecule has 5 aromatic carbocycles. The molecule has 8 rings (SSSR count). The van der Waals surface area contributed by atoms with E-state index in [4.69, 9.17) is 4.42 Å². The summed E-state index contributed by atoms with van der Waals surface area (Å²) in [7, 11) is 2.05. The van der Waals surface area contributed by atoms with Crippen molar-refractivity contribution in [3.63, 3.8) is 0 Å². The van der Waals surface area contributed by atoms with Crippen LogP contribution in [0.25, 0.3) is 44.3 Å². The fraction of sp³-hybridized carbons (Fsp3) is 0.0769. The Bertz CT molecular complexity index is 2190. The number of fused-ring (bicyclic) bond motifs is 6. The van der Waals surface area contributed by atoms with Crippen molar-refractivity contribution in [2.75, 3.05) is 0 Å². The first-order valence-corrected chi connectivity index (χ1v) is 14.2. The molecule has 0 saturated heterocycles. The molecule has 0 aliphatic heterocycles. The Labute approximate surface area is 244 Å². The van der Waals surface area contributed by atoms with E-state index in [1.165, 1.54) is 27.8 Å². The van der Waals surface area contributed by atoms with Crippen molar-refractivity contribution in [1.82, 2.24) is 0 Å². The highest BCUT2D eigenvalue weighted by atomic mass is 16.3. The molecule has 0 spiro atoms. The Balaban J connectivity index is 1.58. The van der Waals surface area contributed by atoms with E-state index in [0.29, 0.717) is 5.56 Å². The second kappa shape index (κ2) is 9.03. The maximum Gasteiger partial charge on any atom is 0.216 e. The molecule has 0 atom stereocenters. The van der Waals surface area contributed by atoms with Crippen LogP contribution in [0.3, 0.4) is 0 Å². The minimum absolute atomic E-state index is 0.613. The van der Waals surface area contributed by atoms with Crippen molar-refractivity contribution in [3.05, 3.63) is 161 Å². The number of benzene rings is 5. The molecular formula is C39H27N2O+. The summed E-state index contributed by atoms with van der Waals surface area (Å²) in [5.74, 6) is 0. The number of nitrogens with zero attached hydrogens (tertiary/aromatic N) is 2. The van der Waals surface area contributed by atoms with Gasteiger partial charge in [0.2, 0.25) is 5.69 Å². The van der Waals surface area contributed by atoms with Crippen LogP contribution >= 0.6 is 0 Å². The summed E-state index contributed by atoms with van der Waals surface area (Å²) in [4.78, 5) is 0. The number of pyridine rings is 1. The lowest BCUT2D eigenvalue weighted by molar-refractivity contribution is -0.660. The molecule has 1 aliphatic carbocycles. The predicted molar refractivity (Wildman–Crippen MR) is 167 cm³/mol. The van der Waals surface area contributed by atoms with Crippen LogP contribution in [-0.2, 0) is 12.5 Å². The lowest BCUT2D eigenvalue weighted by Gasteiger charge is -2.33. The number of hydrogen-bond donors (Lipinski definition) is 0. The SMILES string of the molecule is Cc1ccc2c(oc3c(C4(c5ccccc5)c5ccccc5-c5ccccc54)ccc(C#N)c32)c1-c1cccc[n+]1C. The molecule has 1 aliphatic rings. The van der Waals surface area contributed by atoms with Crippen LogP contribution in [-0.4, -0.2) is 0 Å². The molecule has 2 heterocycles. The molecular weight excluding hydrogens is 512 g/mol. The summed E-state index contributed by atoms with van der Waals surface area (Å²) < 4.78 is 9.19. The molecule has 7 aromatic rings. The topological polar surface area (TPSA) is 40.8 Å². The second-order valence-electron chi connectivity index (χ2n) is 11.1. The highest BCUT2D eigenvalue weighted by Crippen LogP contribution is 2.58. The van der Waals surface area contributed by atoms with E-state index in [2.05, 4.69) is 140 Å². The normalized spacial score (nSPS) is 13.2. The molecule has 0 bridgehead atoms. The Hall–Kier alpha value is -5.46. The Kier molecular flexibility index (Phi) is 5.23. The largest absolute Gasteiger partial charge is 0.455 e. The Morgan fingerprint density at radius 2 is 1.33 bits per heavy atom. The lowest BCUT2D eigenvalue weighted by Crippen LogP contribution is -2.30. The summed E-state index contributed by atoms with van der Waals surface area (Å²) in [5.41, 5.74) is 11.9. The van der Waals surface area contributed by atoms with Crippen molar-refractivity contribution in [1.29, 1.82) is 5.26 Å². The van der Waals surface area contributed by atoms with E-state index in [1.54, 1.807) is 0 Å². The molecule has 3 nitrogen and oxygen atoms in total. The average Bonchev–Trinajstić information content (AvgIpc) is 3.56. The third-order valence-electron chi connectivity index (χ3n) is 8.99. The number of aryl methyl sites for hydroxylation is 2. The molecule has 0 saturated carbocycles. The molecule has 3 heteroatoms. The van der Waals surface area contributed by atoms with Gasteiger partial charge in [0, 0.05) is 28.5 Å². The summed E-state index contributed by atoms with van der Waals surface area (Å²) in [6.45, 7) is 2.12. The van der Waals surface area contributed by atoms with Gasteiger partial charge in [-0.15, -0.1) is 0 Å². The van der Waals surface area contributed by atoms with Gasteiger partial charge in [0.15, 0.2) is 6.20 Å². The first-order chi connectivity index (χ1) is 20.6. The van der Waals surface area contributed by atoms with Crippen LogP contribution in [0.4, 0.5) is 0 Å². The first kappa shape index (κ1) is 24.3. The zero-order chi connectivity index (χ0) is 28.4. The van der Waals surface area contributed by atoms with Crippen LogP contribution in [0.15, 0.2) is 132 Å². The van der Waals surface area contributed by atoms with Crippen molar-refractivity contribution in [2.45, 2.75) is 12.3 Å². The molecule has 0 unspecified atom stereocenters. The fourth-order valence-electron chi connectivity index (χ4n) is 7.21. The highest BCUT2D eigenvalue weighted by Gasteiger charge is 2.47. The summed E-state index contributed by atoms with van der Waals surface area (Å²) >= 11 is 0. The van der Waals surface area contributed by atoms with Gasteiger partial charge in [-0.1, -0.05) is 97.1 Å². The minimum Gasteiger partial charge on any atom is -0.455 e.